The first-order valence-corrected chi connectivity index (χ1v) is 9.40. The van der Waals surface area contributed by atoms with E-state index >= 15 is 0 Å². The summed E-state index contributed by atoms with van der Waals surface area (Å²) in [5.74, 6) is 0.680. The fraction of sp³-hybridized carbons (Fsp3) is 0.286. The van der Waals surface area contributed by atoms with Gasteiger partial charge in [0.15, 0.2) is 0 Å². The Hall–Kier alpha value is -3.39. The van der Waals surface area contributed by atoms with Gasteiger partial charge in [0.25, 0.3) is 5.91 Å². The third-order valence-electron chi connectivity index (χ3n) is 4.70. The van der Waals surface area contributed by atoms with Crippen LogP contribution in [0, 0.1) is 0 Å². The third kappa shape index (κ3) is 4.38. The smallest absolute Gasteiger partial charge is 0.318 e. The van der Waals surface area contributed by atoms with Crippen LogP contribution in [0.15, 0.2) is 59.0 Å². The summed E-state index contributed by atoms with van der Waals surface area (Å²) in [6.45, 7) is 2.61. The van der Waals surface area contributed by atoms with Gasteiger partial charge in [-0.2, -0.15) is 0 Å². The topological polar surface area (TPSA) is 89.7 Å². The molecule has 150 valence electrons. The molecule has 0 spiro atoms. The lowest BCUT2D eigenvalue weighted by atomic mass is 10.1. The summed E-state index contributed by atoms with van der Waals surface area (Å²) >= 11 is 0. The lowest BCUT2D eigenvalue weighted by Gasteiger charge is -2.24. The van der Waals surface area contributed by atoms with Crippen LogP contribution >= 0.6 is 0 Å². The van der Waals surface area contributed by atoms with Crippen LogP contribution in [0.4, 0.5) is 6.01 Å². The number of benzene rings is 2. The van der Waals surface area contributed by atoms with Crippen LogP contribution in [-0.2, 0) is 4.74 Å². The zero-order valence-electron chi connectivity index (χ0n) is 16.1. The molecule has 4 rings (SSSR count). The van der Waals surface area contributed by atoms with Gasteiger partial charge in [-0.15, -0.1) is 5.10 Å². The van der Waals surface area contributed by atoms with E-state index in [1.165, 1.54) is 0 Å². The number of amides is 1. The van der Waals surface area contributed by atoms with Gasteiger partial charge in [-0.3, -0.25) is 4.79 Å². The normalized spacial score (nSPS) is 15.0. The van der Waals surface area contributed by atoms with Gasteiger partial charge in [0, 0.05) is 18.7 Å². The summed E-state index contributed by atoms with van der Waals surface area (Å²) in [5, 5.41) is 11.4. The van der Waals surface area contributed by atoms with E-state index in [2.05, 4.69) is 15.5 Å². The number of carbonyl (C=O) groups is 1. The van der Waals surface area contributed by atoms with E-state index in [4.69, 9.17) is 13.9 Å². The maximum Gasteiger partial charge on any atom is 0.318 e. The summed E-state index contributed by atoms with van der Waals surface area (Å²) in [6, 6.07) is 16.4. The van der Waals surface area contributed by atoms with Crippen molar-refractivity contribution in [3.8, 4) is 5.75 Å². The number of aromatic nitrogens is 2. The largest absolute Gasteiger partial charge is 0.497 e. The van der Waals surface area contributed by atoms with Crippen molar-refractivity contribution < 1.29 is 18.7 Å². The molecule has 1 amide bonds. The molecule has 1 fully saturated rings. The molecule has 29 heavy (non-hydrogen) atoms. The lowest BCUT2D eigenvalue weighted by Crippen LogP contribution is -2.36. The molecule has 1 aromatic heterocycles. The van der Waals surface area contributed by atoms with Crippen molar-refractivity contribution in [1.29, 1.82) is 0 Å². The minimum atomic E-state index is -0.572. The molecule has 8 heteroatoms. The van der Waals surface area contributed by atoms with E-state index in [0.29, 0.717) is 49.5 Å². The second kappa shape index (κ2) is 8.74. The van der Waals surface area contributed by atoms with Crippen LogP contribution in [-0.4, -0.2) is 49.5 Å². The van der Waals surface area contributed by atoms with Crippen molar-refractivity contribution in [2.24, 2.45) is 0 Å². The zero-order valence-corrected chi connectivity index (χ0v) is 16.1. The van der Waals surface area contributed by atoms with E-state index in [1.54, 1.807) is 31.4 Å². The number of morpholine rings is 1. The first-order valence-electron chi connectivity index (χ1n) is 9.40. The molecule has 2 aromatic carbocycles. The number of anilines is 1. The summed E-state index contributed by atoms with van der Waals surface area (Å²) < 4.78 is 16.5. The van der Waals surface area contributed by atoms with Crippen molar-refractivity contribution >= 4 is 11.9 Å². The first kappa shape index (κ1) is 18.9. The lowest BCUT2D eigenvalue weighted by molar-refractivity contribution is 0.0937. The molecular weight excluding hydrogens is 372 g/mol. The number of ether oxygens (including phenoxy) is 2. The Labute approximate surface area is 168 Å². The highest BCUT2D eigenvalue weighted by Gasteiger charge is 2.25. The van der Waals surface area contributed by atoms with Gasteiger partial charge in [-0.1, -0.05) is 41.5 Å². The molecule has 0 saturated carbocycles. The maximum atomic E-state index is 12.9. The molecule has 0 aliphatic carbocycles. The Bertz CT molecular complexity index is 954. The second-order valence-corrected chi connectivity index (χ2v) is 6.57. The summed E-state index contributed by atoms with van der Waals surface area (Å²) in [7, 11) is 1.56. The summed E-state index contributed by atoms with van der Waals surface area (Å²) in [5.41, 5.74) is 1.33. The van der Waals surface area contributed by atoms with Crippen LogP contribution < -0.4 is 15.0 Å². The average molecular weight is 394 g/mol. The molecule has 0 bridgehead atoms. The Morgan fingerprint density at radius 3 is 2.66 bits per heavy atom. The van der Waals surface area contributed by atoms with Gasteiger partial charge in [0.1, 0.15) is 11.8 Å². The number of rotatable bonds is 6. The number of nitrogens with zero attached hydrogens (tertiary/aromatic N) is 3. The molecule has 1 aliphatic rings. The molecule has 1 atom stereocenters. The highest BCUT2D eigenvalue weighted by Crippen LogP contribution is 2.25. The van der Waals surface area contributed by atoms with E-state index in [-0.39, 0.29) is 5.91 Å². The molecule has 1 saturated heterocycles. The number of nitrogens with one attached hydrogen (secondary N) is 1. The zero-order chi connectivity index (χ0) is 20.1. The van der Waals surface area contributed by atoms with E-state index in [0.717, 1.165) is 5.56 Å². The fourth-order valence-electron chi connectivity index (χ4n) is 3.14. The van der Waals surface area contributed by atoms with Gasteiger partial charge in [-0.05, 0) is 23.8 Å². The van der Waals surface area contributed by atoms with E-state index in [1.807, 2.05) is 35.2 Å². The fourth-order valence-corrected chi connectivity index (χ4v) is 3.14. The average Bonchev–Trinajstić information content (AvgIpc) is 3.28. The molecule has 3 aromatic rings. The maximum absolute atomic E-state index is 12.9. The van der Waals surface area contributed by atoms with Crippen LogP contribution in [0.3, 0.4) is 0 Å². The molecule has 2 heterocycles. The standard InChI is InChI=1S/C21H22N4O4/c1-27-17-9-5-8-16(14-17)19(26)22-18(15-6-3-2-4-7-15)20-23-24-21(29-20)25-10-12-28-13-11-25/h2-9,14,18H,10-13H2,1H3,(H,22,26). The van der Waals surface area contributed by atoms with Crippen LogP contribution in [0.2, 0.25) is 0 Å². The molecule has 0 radical (unpaired) electrons. The predicted molar refractivity (Wildman–Crippen MR) is 106 cm³/mol. The van der Waals surface area contributed by atoms with Gasteiger partial charge in [-0.25, -0.2) is 0 Å². The third-order valence-corrected chi connectivity index (χ3v) is 4.70. The van der Waals surface area contributed by atoms with Crippen molar-refractivity contribution in [3.63, 3.8) is 0 Å². The molecule has 1 N–H and O–H groups in total. The van der Waals surface area contributed by atoms with Gasteiger partial charge < -0.3 is 24.1 Å². The highest BCUT2D eigenvalue weighted by molar-refractivity contribution is 5.95. The second-order valence-electron chi connectivity index (χ2n) is 6.57. The van der Waals surface area contributed by atoms with Crippen molar-refractivity contribution in [2.45, 2.75) is 6.04 Å². The summed E-state index contributed by atoms with van der Waals surface area (Å²) in [6.07, 6.45) is 0. The minimum absolute atomic E-state index is 0.260. The van der Waals surface area contributed by atoms with Crippen molar-refractivity contribution in [2.75, 3.05) is 38.3 Å². The Kier molecular flexibility index (Phi) is 5.71. The highest BCUT2D eigenvalue weighted by atomic mass is 16.5. The molecule has 8 nitrogen and oxygen atoms in total. The molecular formula is C21H22N4O4. The predicted octanol–water partition coefficient (Wildman–Crippen LogP) is 2.43. The van der Waals surface area contributed by atoms with Crippen LogP contribution in [0.25, 0.3) is 0 Å². The van der Waals surface area contributed by atoms with E-state index in [9.17, 15) is 4.79 Å². The summed E-state index contributed by atoms with van der Waals surface area (Å²) in [4.78, 5) is 14.9. The Balaban J connectivity index is 1.60. The SMILES string of the molecule is COc1cccc(C(=O)NC(c2ccccc2)c2nnc(N3CCOCC3)o2)c1. The van der Waals surface area contributed by atoms with Crippen LogP contribution in [0.5, 0.6) is 5.75 Å². The minimum Gasteiger partial charge on any atom is -0.497 e. The van der Waals surface area contributed by atoms with Gasteiger partial charge >= 0.3 is 6.01 Å². The van der Waals surface area contributed by atoms with E-state index < -0.39 is 6.04 Å². The molecule has 1 aliphatic heterocycles. The number of carbonyl (C=O) groups excluding carboxylic acids is 1. The van der Waals surface area contributed by atoms with Crippen LogP contribution in [0.1, 0.15) is 27.9 Å². The quantitative estimate of drug-likeness (QED) is 0.687. The van der Waals surface area contributed by atoms with Crippen molar-refractivity contribution in [3.05, 3.63) is 71.6 Å². The van der Waals surface area contributed by atoms with Gasteiger partial charge in [0.05, 0.1) is 20.3 Å². The molecule has 1 unspecified atom stereocenters. The Morgan fingerprint density at radius 1 is 1.10 bits per heavy atom. The number of hydrogen-bond donors (Lipinski definition) is 1. The Morgan fingerprint density at radius 2 is 1.90 bits per heavy atom. The van der Waals surface area contributed by atoms with Crippen molar-refractivity contribution in [1.82, 2.24) is 15.5 Å². The van der Waals surface area contributed by atoms with Gasteiger partial charge in [0.2, 0.25) is 5.89 Å². The monoisotopic (exact) mass is 394 g/mol. The number of methoxy groups -OCH3 is 1. The first-order chi connectivity index (χ1) is 14.2. The number of hydrogen-bond acceptors (Lipinski definition) is 7.